The molecule has 0 aliphatic rings. The van der Waals surface area contributed by atoms with E-state index in [0.717, 1.165) is 22.4 Å². The van der Waals surface area contributed by atoms with Crippen LogP contribution in [0.5, 0.6) is 0 Å². The third kappa shape index (κ3) is 5.07. The number of esters is 1. The Kier molecular flexibility index (Phi) is 6.58. The number of hydrogen-bond acceptors (Lipinski definition) is 3. The van der Waals surface area contributed by atoms with Gasteiger partial charge in [0.2, 0.25) is 0 Å². The molecular formula is C24H23NO3. The van der Waals surface area contributed by atoms with Crippen molar-refractivity contribution in [2.45, 2.75) is 13.3 Å². The number of anilines is 1. The standard InChI is InChI=1S/C24H23NO3/c1-2-25(22-11-7-4-8-12-22)23(26)18-28-24(27)17-19-13-15-21(16-14-19)20-9-5-3-6-10-20/h3-16H,2,17-18H2,1H3. The second kappa shape index (κ2) is 9.51. The fraction of sp³-hybridized carbons (Fsp3) is 0.167. The van der Waals surface area contributed by atoms with Gasteiger partial charge in [-0.3, -0.25) is 9.59 Å². The summed E-state index contributed by atoms with van der Waals surface area (Å²) < 4.78 is 5.20. The second-order valence-corrected chi connectivity index (χ2v) is 6.37. The second-order valence-electron chi connectivity index (χ2n) is 6.37. The maximum atomic E-state index is 12.4. The quantitative estimate of drug-likeness (QED) is 0.573. The average Bonchev–Trinajstić information content (AvgIpc) is 2.75. The summed E-state index contributed by atoms with van der Waals surface area (Å²) in [5, 5.41) is 0. The molecule has 0 fully saturated rings. The topological polar surface area (TPSA) is 46.6 Å². The molecule has 1 amide bonds. The molecule has 3 rings (SSSR count). The third-order valence-corrected chi connectivity index (χ3v) is 4.45. The fourth-order valence-electron chi connectivity index (χ4n) is 2.99. The van der Waals surface area contributed by atoms with Crippen LogP contribution in [0, 0.1) is 0 Å². The number of nitrogens with zero attached hydrogens (tertiary/aromatic N) is 1. The molecule has 0 aliphatic carbocycles. The summed E-state index contributed by atoms with van der Waals surface area (Å²) in [6.45, 7) is 2.14. The number of carbonyl (C=O) groups is 2. The minimum Gasteiger partial charge on any atom is -0.455 e. The van der Waals surface area contributed by atoms with Gasteiger partial charge in [0, 0.05) is 12.2 Å². The number of benzene rings is 3. The van der Waals surface area contributed by atoms with Gasteiger partial charge in [0.05, 0.1) is 6.42 Å². The molecule has 3 aromatic rings. The third-order valence-electron chi connectivity index (χ3n) is 4.45. The Balaban J connectivity index is 1.53. The maximum Gasteiger partial charge on any atom is 0.310 e. The van der Waals surface area contributed by atoms with E-state index < -0.39 is 5.97 Å². The normalized spacial score (nSPS) is 10.3. The maximum absolute atomic E-state index is 12.4. The highest BCUT2D eigenvalue weighted by Gasteiger charge is 2.16. The lowest BCUT2D eigenvalue weighted by molar-refractivity contribution is -0.147. The van der Waals surface area contributed by atoms with Gasteiger partial charge >= 0.3 is 5.97 Å². The first-order chi connectivity index (χ1) is 13.7. The van der Waals surface area contributed by atoms with E-state index in [4.69, 9.17) is 4.74 Å². The van der Waals surface area contributed by atoms with Crippen LogP contribution in [0.1, 0.15) is 12.5 Å². The Morgan fingerprint density at radius 3 is 1.96 bits per heavy atom. The van der Waals surface area contributed by atoms with Crippen molar-refractivity contribution < 1.29 is 14.3 Å². The van der Waals surface area contributed by atoms with Crippen molar-refractivity contribution in [3.8, 4) is 11.1 Å². The number of amides is 1. The van der Waals surface area contributed by atoms with Crippen molar-refractivity contribution >= 4 is 17.6 Å². The molecule has 4 nitrogen and oxygen atoms in total. The van der Waals surface area contributed by atoms with Gasteiger partial charge in [-0.2, -0.15) is 0 Å². The predicted molar refractivity (Wildman–Crippen MR) is 111 cm³/mol. The van der Waals surface area contributed by atoms with Crippen LogP contribution in [0.15, 0.2) is 84.9 Å². The molecule has 0 bridgehead atoms. The zero-order chi connectivity index (χ0) is 19.8. The molecule has 3 aromatic carbocycles. The predicted octanol–water partition coefficient (Wildman–Crippen LogP) is 4.49. The highest BCUT2D eigenvalue weighted by Crippen LogP contribution is 2.19. The summed E-state index contributed by atoms with van der Waals surface area (Å²) in [5.74, 6) is -0.647. The number of ether oxygens (including phenoxy) is 1. The number of rotatable bonds is 7. The highest BCUT2D eigenvalue weighted by molar-refractivity contribution is 5.95. The number of carbonyl (C=O) groups excluding carboxylic acids is 2. The Morgan fingerprint density at radius 1 is 0.786 bits per heavy atom. The van der Waals surface area contributed by atoms with E-state index in [1.54, 1.807) is 4.90 Å². The summed E-state index contributed by atoms with van der Waals surface area (Å²) >= 11 is 0. The van der Waals surface area contributed by atoms with Crippen LogP contribution < -0.4 is 4.90 Å². The molecule has 4 heteroatoms. The van der Waals surface area contributed by atoms with Crippen LogP contribution in [0.2, 0.25) is 0 Å². The zero-order valence-electron chi connectivity index (χ0n) is 15.9. The molecule has 28 heavy (non-hydrogen) atoms. The van der Waals surface area contributed by atoms with Crippen molar-refractivity contribution in [3.63, 3.8) is 0 Å². The summed E-state index contributed by atoms with van der Waals surface area (Å²) in [6, 6.07) is 27.2. The minimum absolute atomic E-state index is 0.139. The summed E-state index contributed by atoms with van der Waals surface area (Å²) in [4.78, 5) is 26.1. The Hall–Kier alpha value is -3.40. The summed E-state index contributed by atoms with van der Waals surface area (Å²) in [5.41, 5.74) is 3.87. The molecule has 0 saturated heterocycles. The van der Waals surface area contributed by atoms with E-state index in [1.165, 1.54) is 0 Å². The van der Waals surface area contributed by atoms with Crippen molar-refractivity contribution in [2.75, 3.05) is 18.1 Å². The molecule has 0 unspecified atom stereocenters. The van der Waals surface area contributed by atoms with Crippen LogP contribution in [0.4, 0.5) is 5.69 Å². The van der Waals surface area contributed by atoms with Crippen LogP contribution in [0.25, 0.3) is 11.1 Å². The Bertz CT molecular complexity index is 906. The lowest BCUT2D eigenvalue weighted by Crippen LogP contribution is -2.34. The van der Waals surface area contributed by atoms with Crippen molar-refractivity contribution in [1.29, 1.82) is 0 Å². The first kappa shape index (κ1) is 19.4. The van der Waals surface area contributed by atoms with E-state index in [-0.39, 0.29) is 18.9 Å². The van der Waals surface area contributed by atoms with Gasteiger partial charge in [-0.25, -0.2) is 0 Å². The molecule has 0 aliphatic heterocycles. The van der Waals surface area contributed by atoms with Gasteiger partial charge in [-0.15, -0.1) is 0 Å². The van der Waals surface area contributed by atoms with Crippen molar-refractivity contribution in [2.24, 2.45) is 0 Å². The van der Waals surface area contributed by atoms with Gasteiger partial charge in [0.1, 0.15) is 0 Å². The lowest BCUT2D eigenvalue weighted by Gasteiger charge is -2.20. The Labute approximate surface area is 165 Å². The smallest absolute Gasteiger partial charge is 0.310 e. The number of likely N-dealkylation sites (N-methyl/N-ethyl adjacent to an activating group) is 1. The van der Waals surface area contributed by atoms with Crippen LogP contribution in [0.3, 0.4) is 0 Å². The largest absolute Gasteiger partial charge is 0.455 e. The number of hydrogen-bond donors (Lipinski definition) is 0. The van der Waals surface area contributed by atoms with Crippen LogP contribution in [-0.4, -0.2) is 25.0 Å². The minimum atomic E-state index is -0.412. The van der Waals surface area contributed by atoms with Crippen molar-refractivity contribution in [3.05, 3.63) is 90.5 Å². The monoisotopic (exact) mass is 373 g/mol. The van der Waals surface area contributed by atoms with E-state index in [0.29, 0.717) is 6.54 Å². The van der Waals surface area contributed by atoms with E-state index >= 15 is 0 Å². The highest BCUT2D eigenvalue weighted by atomic mass is 16.5. The van der Waals surface area contributed by atoms with E-state index in [9.17, 15) is 9.59 Å². The molecule has 0 radical (unpaired) electrons. The molecule has 142 valence electrons. The molecule has 0 N–H and O–H groups in total. The lowest BCUT2D eigenvalue weighted by atomic mass is 10.0. The van der Waals surface area contributed by atoms with E-state index in [1.807, 2.05) is 91.9 Å². The first-order valence-electron chi connectivity index (χ1n) is 9.32. The average molecular weight is 373 g/mol. The first-order valence-corrected chi connectivity index (χ1v) is 9.32. The molecule has 0 heterocycles. The summed E-state index contributed by atoms with van der Waals surface area (Å²) in [6.07, 6.45) is 0.139. The zero-order valence-corrected chi connectivity index (χ0v) is 15.9. The van der Waals surface area contributed by atoms with Crippen LogP contribution in [-0.2, 0) is 20.7 Å². The molecule has 0 saturated carbocycles. The molecule has 0 atom stereocenters. The molecular weight excluding hydrogens is 350 g/mol. The number of para-hydroxylation sites is 1. The molecule has 0 aromatic heterocycles. The SMILES string of the molecule is CCN(C(=O)COC(=O)Cc1ccc(-c2ccccc2)cc1)c1ccccc1. The summed E-state index contributed by atoms with van der Waals surface area (Å²) in [7, 11) is 0. The fourth-order valence-corrected chi connectivity index (χ4v) is 2.99. The van der Waals surface area contributed by atoms with Crippen molar-refractivity contribution in [1.82, 2.24) is 0 Å². The van der Waals surface area contributed by atoms with E-state index in [2.05, 4.69) is 0 Å². The van der Waals surface area contributed by atoms with Gasteiger partial charge in [0.15, 0.2) is 6.61 Å². The van der Waals surface area contributed by atoms with Gasteiger partial charge in [-0.05, 0) is 35.7 Å². The Morgan fingerprint density at radius 2 is 1.36 bits per heavy atom. The van der Waals surface area contributed by atoms with Gasteiger partial charge in [0.25, 0.3) is 5.91 Å². The van der Waals surface area contributed by atoms with Gasteiger partial charge in [-0.1, -0.05) is 72.8 Å². The van der Waals surface area contributed by atoms with Gasteiger partial charge < -0.3 is 9.64 Å². The van der Waals surface area contributed by atoms with Crippen LogP contribution >= 0.6 is 0 Å². The molecule has 0 spiro atoms.